The molecule has 0 radical (unpaired) electrons. The fourth-order valence-electron chi connectivity index (χ4n) is 1.73. The number of rotatable bonds is 2. The van der Waals surface area contributed by atoms with Crippen LogP contribution in [0, 0.1) is 0 Å². The van der Waals surface area contributed by atoms with Gasteiger partial charge in [0.1, 0.15) is 0 Å². The summed E-state index contributed by atoms with van der Waals surface area (Å²) in [6.07, 6.45) is 0.459. The first-order chi connectivity index (χ1) is 7.58. The second kappa shape index (κ2) is 3.84. The SMILES string of the molecule is CC1CC(=O)NN1c1ccc(C(=O)O)cc1. The fraction of sp³-hybridized carbons (Fsp3) is 0.273. The van der Waals surface area contributed by atoms with Gasteiger partial charge in [0, 0.05) is 0 Å². The van der Waals surface area contributed by atoms with E-state index in [1.807, 2.05) is 6.92 Å². The summed E-state index contributed by atoms with van der Waals surface area (Å²) in [7, 11) is 0. The zero-order chi connectivity index (χ0) is 11.7. The molecule has 1 aliphatic heterocycles. The summed E-state index contributed by atoms with van der Waals surface area (Å²) in [5, 5.41) is 10.5. The van der Waals surface area contributed by atoms with Gasteiger partial charge in [-0.15, -0.1) is 0 Å². The highest BCUT2D eigenvalue weighted by Gasteiger charge is 2.26. The second-order valence-corrected chi connectivity index (χ2v) is 3.81. The van der Waals surface area contributed by atoms with Crippen molar-refractivity contribution in [1.29, 1.82) is 0 Å². The van der Waals surface area contributed by atoms with Crippen LogP contribution in [-0.4, -0.2) is 23.0 Å². The Morgan fingerprint density at radius 2 is 2.06 bits per heavy atom. The highest BCUT2D eigenvalue weighted by Crippen LogP contribution is 2.20. The quantitative estimate of drug-likeness (QED) is 0.780. The fourth-order valence-corrected chi connectivity index (χ4v) is 1.73. The maximum atomic E-state index is 11.2. The Bertz CT molecular complexity index is 427. The minimum atomic E-state index is -0.954. The molecule has 1 aliphatic rings. The normalized spacial score (nSPS) is 19.7. The molecular formula is C11H12N2O3. The zero-order valence-corrected chi connectivity index (χ0v) is 8.80. The molecule has 1 unspecified atom stereocenters. The van der Waals surface area contributed by atoms with Crippen LogP contribution in [0.25, 0.3) is 0 Å². The van der Waals surface area contributed by atoms with E-state index in [2.05, 4.69) is 5.43 Å². The van der Waals surface area contributed by atoms with Crippen LogP contribution in [0.1, 0.15) is 23.7 Å². The Balaban J connectivity index is 2.22. The Morgan fingerprint density at radius 3 is 2.50 bits per heavy atom. The lowest BCUT2D eigenvalue weighted by molar-refractivity contribution is -0.119. The summed E-state index contributed by atoms with van der Waals surface area (Å²) in [5.41, 5.74) is 3.75. The molecule has 2 N–H and O–H groups in total. The number of benzene rings is 1. The van der Waals surface area contributed by atoms with E-state index in [-0.39, 0.29) is 17.5 Å². The Labute approximate surface area is 92.6 Å². The van der Waals surface area contributed by atoms with Gasteiger partial charge in [-0.3, -0.25) is 15.2 Å². The van der Waals surface area contributed by atoms with E-state index in [4.69, 9.17) is 5.11 Å². The lowest BCUT2D eigenvalue weighted by Crippen LogP contribution is -2.37. The van der Waals surface area contributed by atoms with Gasteiger partial charge in [-0.05, 0) is 31.2 Å². The zero-order valence-electron chi connectivity index (χ0n) is 8.80. The maximum absolute atomic E-state index is 11.2. The molecule has 5 nitrogen and oxygen atoms in total. The third kappa shape index (κ3) is 1.84. The molecule has 1 heterocycles. The van der Waals surface area contributed by atoms with E-state index in [0.29, 0.717) is 6.42 Å². The molecule has 0 spiro atoms. The molecule has 1 atom stereocenters. The van der Waals surface area contributed by atoms with Crippen molar-refractivity contribution >= 4 is 17.6 Å². The standard InChI is InChI=1S/C11H12N2O3/c1-7-6-10(14)12-13(7)9-4-2-8(3-5-9)11(15)16/h2-5,7H,6H2,1H3,(H,12,14)(H,15,16). The average molecular weight is 220 g/mol. The molecule has 0 saturated carbocycles. The number of carboxylic acid groups (broad SMARTS) is 1. The number of aromatic carboxylic acids is 1. The van der Waals surface area contributed by atoms with Crippen molar-refractivity contribution in [3.05, 3.63) is 29.8 Å². The molecule has 0 aromatic heterocycles. The van der Waals surface area contributed by atoms with E-state index in [1.54, 1.807) is 17.1 Å². The van der Waals surface area contributed by atoms with Crippen LogP contribution in [-0.2, 0) is 4.79 Å². The first-order valence-electron chi connectivity index (χ1n) is 5.00. The first-order valence-corrected chi connectivity index (χ1v) is 5.00. The van der Waals surface area contributed by atoms with Gasteiger partial charge in [-0.25, -0.2) is 4.79 Å². The molecule has 5 heteroatoms. The van der Waals surface area contributed by atoms with Crippen molar-refractivity contribution in [1.82, 2.24) is 5.43 Å². The number of hydrazine groups is 1. The van der Waals surface area contributed by atoms with Crippen LogP contribution < -0.4 is 10.4 Å². The van der Waals surface area contributed by atoms with Gasteiger partial charge >= 0.3 is 5.97 Å². The van der Waals surface area contributed by atoms with E-state index < -0.39 is 5.97 Å². The Morgan fingerprint density at radius 1 is 1.44 bits per heavy atom. The third-order valence-electron chi connectivity index (χ3n) is 2.56. The van der Waals surface area contributed by atoms with Crippen molar-refractivity contribution in [2.75, 3.05) is 5.01 Å². The van der Waals surface area contributed by atoms with Crippen molar-refractivity contribution in [3.63, 3.8) is 0 Å². The van der Waals surface area contributed by atoms with Crippen LogP contribution in [0.15, 0.2) is 24.3 Å². The first kappa shape index (κ1) is 10.5. The van der Waals surface area contributed by atoms with Crippen LogP contribution in [0.5, 0.6) is 0 Å². The summed E-state index contributed by atoms with van der Waals surface area (Å²) in [6, 6.07) is 6.50. The van der Waals surface area contributed by atoms with Crippen LogP contribution >= 0.6 is 0 Å². The Kier molecular flexibility index (Phi) is 2.52. The molecule has 16 heavy (non-hydrogen) atoms. The summed E-state index contributed by atoms with van der Waals surface area (Å²) >= 11 is 0. The lowest BCUT2D eigenvalue weighted by Gasteiger charge is -2.22. The molecule has 84 valence electrons. The summed E-state index contributed by atoms with van der Waals surface area (Å²) < 4.78 is 0. The van der Waals surface area contributed by atoms with Crippen molar-refractivity contribution in [3.8, 4) is 0 Å². The monoisotopic (exact) mass is 220 g/mol. The molecule has 1 saturated heterocycles. The second-order valence-electron chi connectivity index (χ2n) is 3.81. The van der Waals surface area contributed by atoms with Crippen LogP contribution in [0.4, 0.5) is 5.69 Å². The third-order valence-corrected chi connectivity index (χ3v) is 2.56. The minimum absolute atomic E-state index is 0.0187. The van der Waals surface area contributed by atoms with Crippen molar-refractivity contribution < 1.29 is 14.7 Å². The lowest BCUT2D eigenvalue weighted by atomic mass is 10.2. The van der Waals surface area contributed by atoms with Gasteiger partial charge in [-0.2, -0.15) is 0 Å². The topological polar surface area (TPSA) is 69.6 Å². The van der Waals surface area contributed by atoms with Crippen molar-refractivity contribution in [2.24, 2.45) is 0 Å². The van der Waals surface area contributed by atoms with Gasteiger partial charge in [0.2, 0.25) is 5.91 Å². The number of carbonyl (C=O) groups excluding carboxylic acids is 1. The summed E-state index contributed by atoms with van der Waals surface area (Å²) in [5.74, 6) is -0.972. The number of anilines is 1. The Hall–Kier alpha value is -2.04. The average Bonchev–Trinajstić information content (AvgIpc) is 2.58. The largest absolute Gasteiger partial charge is 0.478 e. The number of hydrogen-bond acceptors (Lipinski definition) is 3. The van der Waals surface area contributed by atoms with Crippen molar-refractivity contribution in [2.45, 2.75) is 19.4 Å². The molecule has 2 rings (SSSR count). The number of nitrogens with one attached hydrogen (secondary N) is 1. The predicted octanol–water partition coefficient (Wildman–Crippen LogP) is 1.01. The molecule has 1 fully saturated rings. The summed E-state index contributed by atoms with van der Waals surface area (Å²) in [4.78, 5) is 21.8. The van der Waals surface area contributed by atoms with Gasteiger partial charge < -0.3 is 5.11 Å². The molecule has 0 bridgehead atoms. The molecule has 0 aliphatic carbocycles. The van der Waals surface area contributed by atoms with Crippen LogP contribution in [0.3, 0.4) is 0 Å². The molecular weight excluding hydrogens is 208 g/mol. The number of hydrogen-bond donors (Lipinski definition) is 2. The van der Waals surface area contributed by atoms with Gasteiger partial charge in [0.25, 0.3) is 0 Å². The van der Waals surface area contributed by atoms with E-state index in [9.17, 15) is 9.59 Å². The van der Waals surface area contributed by atoms with E-state index in [1.165, 1.54) is 12.1 Å². The van der Waals surface area contributed by atoms with E-state index in [0.717, 1.165) is 5.69 Å². The van der Waals surface area contributed by atoms with Crippen LogP contribution in [0.2, 0.25) is 0 Å². The highest BCUT2D eigenvalue weighted by atomic mass is 16.4. The van der Waals surface area contributed by atoms with Gasteiger partial charge in [-0.1, -0.05) is 0 Å². The number of amides is 1. The molecule has 1 aromatic carbocycles. The van der Waals surface area contributed by atoms with Gasteiger partial charge in [0.15, 0.2) is 0 Å². The minimum Gasteiger partial charge on any atom is -0.478 e. The predicted molar refractivity (Wildman–Crippen MR) is 58.1 cm³/mol. The molecule has 1 amide bonds. The smallest absolute Gasteiger partial charge is 0.335 e. The number of carboxylic acids is 1. The maximum Gasteiger partial charge on any atom is 0.335 e. The molecule has 1 aromatic rings. The van der Waals surface area contributed by atoms with Gasteiger partial charge in [0.05, 0.1) is 23.7 Å². The number of nitrogens with zero attached hydrogens (tertiary/aromatic N) is 1. The summed E-state index contributed by atoms with van der Waals surface area (Å²) in [6.45, 7) is 1.93. The van der Waals surface area contributed by atoms with E-state index >= 15 is 0 Å². The number of carbonyl (C=O) groups is 2. The highest BCUT2D eigenvalue weighted by molar-refractivity contribution is 5.88.